The quantitative estimate of drug-likeness (QED) is 0.675. The summed E-state index contributed by atoms with van der Waals surface area (Å²) >= 11 is 0. The maximum atomic E-state index is 12.1. The molecule has 0 aliphatic heterocycles. The SMILES string of the molecule is COc1ccc(CCNC(=O)NC(C)c2ccc(-n3cncn3)cc2)cc1. The van der Waals surface area contributed by atoms with Crippen LogP contribution in [0.4, 0.5) is 4.79 Å². The van der Waals surface area contributed by atoms with E-state index in [1.807, 2.05) is 55.5 Å². The van der Waals surface area contributed by atoms with Gasteiger partial charge in [0.1, 0.15) is 18.4 Å². The Labute approximate surface area is 158 Å². The number of amides is 2. The third kappa shape index (κ3) is 5.07. The van der Waals surface area contributed by atoms with Crippen LogP contribution in [0.25, 0.3) is 5.69 Å². The van der Waals surface area contributed by atoms with E-state index in [2.05, 4.69) is 20.7 Å². The fourth-order valence-corrected chi connectivity index (χ4v) is 2.70. The van der Waals surface area contributed by atoms with Crippen molar-refractivity contribution in [2.75, 3.05) is 13.7 Å². The lowest BCUT2D eigenvalue weighted by Gasteiger charge is -2.15. The maximum Gasteiger partial charge on any atom is 0.315 e. The van der Waals surface area contributed by atoms with Crippen molar-refractivity contribution in [1.82, 2.24) is 25.4 Å². The van der Waals surface area contributed by atoms with Crippen molar-refractivity contribution < 1.29 is 9.53 Å². The molecule has 2 N–H and O–H groups in total. The highest BCUT2D eigenvalue weighted by atomic mass is 16.5. The number of nitrogens with zero attached hydrogens (tertiary/aromatic N) is 3. The Hall–Kier alpha value is -3.35. The Morgan fingerprint density at radius 1 is 1.15 bits per heavy atom. The molecule has 0 radical (unpaired) electrons. The van der Waals surface area contributed by atoms with Crippen molar-refractivity contribution in [3.63, 3.8) is 0 Å². The number of aromatic nitrogens is 3. The summed E-state index contributed by atoms with van der Waals surface area (Å²) in [5, 5.41) is 9.94. The van der Waals surface area contributed by atoms with Gasteiger partial charge in [0, 0.05) is 6.54 Å². The van der Waals surface area contributed by atoms with E-state index in [4.69, 9.17) is 4.74 Å². The largest absolute Gasteiger partial charge is 0.497 e. The van der Waals surface area contributed by atoms with Crippen LogP contribution in [0.3, 0.4) is 0 Å². The molecule has 2 amide bonds. The van der Waals surface area contributed by atoms with E-state index in [0.29, 0.717) is 6.54 Å². The van der Waals surface area contributed by atoms with Gasteiger partial charge in [-0.05, 0) is 48.7 Å². The summed E-state index contributed by atoms with van der Waals surface area (Å²) in [6, 6.07) is 15.4. The first kappa shape index (κ1) is 18.4. The average Bonchev–Trinajstić information content (AvgIpc) is 3.23. The van der Waals surface area contributed by atoms with Crippen molar-refractivity contribution in [2.45, 2.75) is 19.4 Å². The molecule has 7 heteroatoms. The Morgan fingerprint density at radius 2 is 1.89 bits per heavy atom. The van der Waals surface area contributed by atoms with E-state index < -0.39 is 0 Å². The fraction of sp³-hybridized carbons (Fsp3) is 0.250. The van der Waals surface area contributed by atoms with E-state index in [1.165, 1.54) is 6.33 Å². The number of nitrogens with one attached hydrogen (secondary N) is 2. The fourth-order valence-electron chi connectivity index (χ4n) is 2.70. The molecule has 0 bridgehead atoms. The smallest absolute Gasteiger partial charge is 0.315 e. The zero-order chi connectivity index (χ0) is 19.1. The number of hydrogen-bond acceptors (Lipinski definition) is 4. The van der Waals surface area contributed by atoms with Crippen LogP contribution >= 0.6 is 0 Å². The Kier molecular flexibility index (Phi) is 6.04. The topological polar surface area (TPSA) is 81.1 Å². The number of carbonyl (C=O) groups excluding carboxylic acids is 1. The van der Waals surface area contributed by atoms with Crippen LogP contribution in [0.2, 0.25) is 0 Å². The molecule has 3 aromatic rings. The second-order valence-corrected chi connectivity index (χ2v) is 6.15. The molecule has 27 heavy (non-hydrogen) atoms. The lowest BCUT2D eigenvalue weighted by atomic mass is 10.1. The van der Waals surface area contributed by atoms with E-state index >= 15 is 0 Å². The highest BCUT2D eigenvalue weighted by Gasteiger charge is 2.09. The third-order valence-corrected chi connectivity index (χ3v) is 4.28. The molecule has 0 spiro atoms. The van der Waals surface area contributed by atoms with Gasteiger partial charge in [-0.15, -0.1) is 0 Å². The zero-order valence-electron chi connectivity index (χ0n) is 15.4. The van der Waals surface area contributed by atoms with Crippen LogP contribution < -0.4 is 15.4 Å². The molecule has 0 saturated carbocycles. The highest BCUT2D eigenvalue weighted by Crippen LogP contribution is 2.15. The first-order chi connectivity index (χ1) is 13.2. The monoisotopic (exact) mass is 365 g/mol. The molecule has 3 rings (SSSR count). The minimum atomic E-state index is -0.184. The number of methoxy groups -OCH3 is 1. The van der Waals surface area contributed by atoms with Gasteiger partial charge in [0.25, 0.3) is 0 Å². The van der Waals surface area contributed by atoms with E-state index in [0.717, 1.165) is 29.0 Å². The Morgan fingerprint density at radius 3 is 2.52 bits per heavy atom. The summed E-state index contributed by atoms with van der Waals surface area (Å²) in [5.74, 6) is 0.827. The van der Waals surface area contributed by atoms with Crippen molar-refractivity contribution in [2.24, 2.45) is 0 Å². The Balaban J connectivity index is 1.45. The van der Waals surface area contributed by atoms with Gasteiger partial charge in [-0.25, -0.2) is 14.5 Å². The standard InChI is InChI=1S/C20H23N5O2/c1-15(17-5-7-18(8-6-17)25-14-21-13-23-25)24-20(26)22-12-11-16-3-9-19(27-2)10-4-16/h3-10,13-15H,11-12H2,1-2H3,(H2,22,24,26). The highest BCUT2D eigenvalue weighted by molar-refractivity contribution is 5.74. The molecular weight excluding hydrogens is 342 g/mol. The molecule has 0 saturated heterocycles. The van der Waals surface area contributed by atoms with Crippen LogP contribution in [-0.4, -0.2) is 34.5 Å². The second kappa shape index (κ2) is 8.84. The van der Waals surface area contributed by atoms with Crippen molar-refractivity contribution in [1.29, 1.82) is 0 Å². The van der Waals surface area contributed by atoms with E-state index in [1.54, 1.807) is 18.1 Å². The molecule has 1 unspecified atom stereocenters. The summed E-state index contributed by atoms with van der Waals surface area (Å²) in [6.07, 6.45) is 3.90. The zero-order valence-corrected chi connectivity index (χ0v) is 15.4. The molecule has 0 aliphatic rings. The number of carbonyl (C=O) groups is 1. The summed E-state index contributed by atoms with van der Waals surface area (Å²) in [7, 11) is 1.64. The van der Waals surface area contributed by atoms with Gasteiger partial charge in [-0.2, -0.15) is 5.10 Å². The number of rotatable bonds is 7. The van der Waals surface area contributed by atoms with Crippen LogP contribution in [0.15, 0.2) is 61.2 Å². The van der Waals surface area contributed by atoms with Gasteiger partial charge < -0.3 is 15.4 Å². The summed E-state index contributed by atoms with van der Waals surface area (Å²) in [4.78, 5) is 16.0. The van der Waals surface area contributed by atoms with E-state index in [-0.39, 0.29) is 12.1 Å². The van der Waals surface area contributed by atoms with Gasteiger partial charge in [-0.3, -0.25) is 0 Å². The van der Waals surface area contributed by atoms with Crippen molar-refractivity contribution in [3.8, 4) is 11.4 Å². The molecule has 1 heterocycles. The maximum absolute atomic E-state index is 12.1. The van der Waals surface area contributed by atoms with Crippen LogP contribution in [0, 0.1) is 0 Å². The number of hydrogen-bond donors (Lipinski definition) is 2. The molecule has 0 aliphatic carbocycles. The Bertz CT molecular complexity index is 845. The van der Waals surface area contributed by atoms with Crippen molar-refractivity contribution in [3.05, 3.63) is 72.3 Å². The first-order valence-electron chi connectivity index (χ1n) is 8.78. The lowest BCUT2D eigenvalue weighted by molar-refractivity contribution is 0.238. The average molecular weight is 365 g/mol. The van der Waals surface area contributed by atoms with Gasteiger partial charge in [0.15, 0.2) is 0 Å². The number of urea groups is 1. The summed E-state index contributed by atoms with van der Waals surface area (Å²) in [6.45, 7) is 2.52. The lowest BCUT2D eigenvalue weighted by Crippen LogP contribution is -2.38. The third-order valence-electron chi connectivity index (χ3n) is 4.28. The van der Waals surface area contributed by atoms with Crippen LogP contribution in [0.1, 0.15) is 24.1 Å². The van der Waals surface area contributed by atoms with Crippen LogP contribution in [0.5, 0.6) is 5.75 Å². The number of benzene rings is 2. The molecule has 1 atom stereocenters. The minimum absolute atomic E-state index is 0.101. The van der Waals surface area contributed by atoms with Gasteiger partial charge >= 0.3 is 6.03 Å². The van der Waals surface area contributed by atoms with Crippen LogP contribution in [-0.2, 0) is 6.42 Å². The minimum Gasteiger partial charge on any atom is -0.497 e. The predicted molar refractivity (Wildman–Crippen MR) is 103 cm³/mol. The normalized spacial score (nSPS) is 11.6. The van der Waals surface area contributed by atoms with Gasteiger partial charge in [-0.1, -0.05) is 24.3 Å². The predicted octanol–water partition coefficient (Wildman–Crippen LogP) is 2.88. The first-order valence-corrected chi connectivity index (χ1v) is 8.78. The molecule has 7 nitrogen and oxygen atoms in total. The van der Waals surface area contributed by atoms with Crippen molar-refractivity contribution >= 4 is 6.03 Å². The van der Waals surface area contributed by atoms with Gasteiger partial charge in [0.2, 0.25) is 0 Å². The second-order valence-electron chi connectivity index (χ2n) is 6.15. The molecule has 2 aromatic carbocycles. The van der Waals surface area contributed by atoms with E-state index in [9.17, 15) is 4.79 Å². The number of ether oxygens (including phenoxy) is 1. The molecule has 140 valence electrons. The summed E-state index contributed by atoms with van der Waals surface area (Å²) in [5.41, 5.74) is 3.09. The summed E-state index contributed by atoms with van der Waals surface area (Å²) < 4.78 is 6.83. The molecule has 1 aromatic heterocycles. The molecule has 0 fully saturated rings. The molecular formula is C20H23N5O2. The van der Waals surface area contributed by atoms with Gasteiger partial charge in [0.05, 0.1) is 18.8 Å².